The Morgan fingerprint density at radius 2 is 2.11 bits per heavy atom. The topological polar surface area (TPSA) is 57.8 Å². The summed E-state index contributed by atoms with van der Waals surface area (Å²) < 4.78 is 0.967. The van der Waals surface area contributed by atoms with Crippen LogP contribution < -0.4 is 10.9 Å². The molecule has 4 nitrogen and oxygen atoms in total. The lowest BCUT2D eigenvalue weighted by Crippen LogP contribution is -2.12. The molecule has 1 heterocycles. The quantitative estimate of drug-likeness (QED) is 0.913. The smallest absolute Gasteiger partial charge is 0.252 e. The predicted octanol–water partition coefficient (Wildman–Crippen LogP) is 3.40. The molecule has 0 atom stereocenters. The summed E-state index contributed by atoms with van der Waals surface area (Å²) in [5.74, 6) is 0.680. The Balaban J connectivity index is 2.32. The number of aromatic amines is 1. The van der Waals surface area contributed by atoms with Crippen molar-refractivity contribution in [1.29, 1.82) is 0 Å². The first kappa shape index (κ1) is 12.8. The number of halogens is 1. The van der Waals surface area contributed by atoms with Crippen LogP contribution in [0.4, 0.5) is 11.6 Å². The second kappa shape index (κ2) is 5.35. The third kappa shape index (κ3) is 3.20. The van der Waals surface area contributed by atoms with Crippen LogP contribution in [0.3, 0.4) is 0 Å². The van der Waals surface area contributed by atoms with E-state index in [1.54, 1.807) is 0 Å². The van der Waals surface area contributed by atoms with Gasteiger partial charge >= 0.3 is 0 Å². The van der Waals surface area contributed by atoms with Gasteiger partial charge in [-0.3, -0.25) is 9.78 Å². The van der Waals surface area contributed by atoms with E-state index in [9.17, 15) is 4.79 Å². The molecule has 1 aromatic heterocycles. The van der Waals surface area contributed by atoms with Crippen LogP contribution >= 0.6 is 15.9 Å². The van der Waals surface area contributed by atoms with E-state index in [2.05, 4.69) is 31.2 Å². The molecule has 5 heteroatoms. The molecule has 0 saturated carbocycles. The fourth-order valence-electron chi connectivity index (χ4n) is 1.53. The highest BCUT2D eigenvalue weighted by atomic mass is 79.9. The number of H-pyrrole nitrogens is 1. The normalized spacial score (nSPS) is 10.7. The molecule has 2 aromatic rings. The molecule has 0 amide bonds. The van der Waals surface area contributed by atoms with E-state index in [0.29, 0.717) is 5.95 Å². The van der Waals surface area contributed by atoms with Gasteiger partial charge in [0, 0.05) is 16.2 Å². The number of hydrogen-bond acceptors (Lipinski definition) is 3. The summed E-state index contributed by atoms with van der Waals surface area (Å²) in [7, 11) is 0. The first-order chi connectivity index (χ1) is 8.54. The molecule has 2 rings (SSSR count). The molecular weight excluding hydrogens is 294 g/mol. The van der Waals surface area contributed by atoms with Crippen LogP contribution in [0.1, 0.15) is 25.5 Å². The van der Waals surface area contributed by atoms with Gasteiger partial charge in [-0.25, -0.2) is 4.98 Å². The van der Waals surface area contributed by atoms with Crippen LogP contribution in [0.15, 0.2) is 39.6 Å². The maximum absolute atomic E-state index is 11.5. The zero-order valence-electron chi connectivity index (χ0n) is 10.2. The summed E-state index contributed by atoms with van der Waals surface area (Å²) in [5, 5.41) is 3.08. The Hall–Kier alpha value is -1.62. The highest BCUT2D eigenvalue weighted by Crippen LogP contribution is 2.18. The van der Waals surface area contributed by atoms with E-state index in [0.717, 1.165) is 15.9 Å². The van der Waals surface area contributed by atoms with Crippen molar-refractivity contribution in [3.63, 3.8) is 0 Å². The molecule has 0 fully saturated rings. The highest BCUT2D eigenvalue weighted by molar-refractivity contribution is 9.10. The molecule has 18 heavy (non-hydrogen) atoms. The highest BCUT2D eigenvalue weighted by Gasteiger charge is 2.05. The minimum atomic E-state index is -0.147. The van der Waals surface area contributed by atoms with Crippen LogP contribution in [0.5, 0.6) is 0 Å². The molecule has 0 bridgehead atoms. The van der Waals surface area contributed by atoms with Crippen LogP contribution in [0.25, 0.3) is 0 Å². The molecule has 2 N–H and O–H groups in total. The maximum atomic E-state index is 11.5. The van der Waals surface area contributed by atoms with Crippen molar-refractivity contribution < 1.29 is 0 Å². The number of hydrogen-bond donors (Lipinski definition) is 2. The van der Waals surface area contributed by atoms with E-state index >= 15 is 0 Å². The molecule has 0 radical (unpaired) electrons. The van der Waals surface area contributed by atoms with Crippen LogP contribution in [-0.2, 0) is 0 Å². The lowest BCUT2D eigenvalue weighted by atomic mass is 10.1. The summed E-state index contributed by atoms with van der Waals surface area (Å²) in [6, 6.07) is 9.20. The zero-order valence-corrected chi connectivity index (χ0v) is 11.8. The molecule has 1 aromatic carbocycles. The fourth-order valence-corrected chi connectivity index (χ4v) is 1.93. The average Bonchev–Trinajstić information content (AvgIpc) is 2.28. The first-order valence-electron chi connectivity index (χ1n) is 5.68. The van der Waals surface area contributed by atoms with E-state index in [1.165, 1.54) is 6.07 Å². The fraction of sp³-hybridized carbons (Fsp3) is 0.231. The van der Waals surface area contributed by atoms with Gasteiger partial charge in [0.25, 0.3) is 5.56 Å². The molecule has 0 saturated heterocycles. The van der Waals surface area contributed by atoms with Gasteiger partial charge in [0.05, 0.1) is 5.69 Å². The summed E-state index contributed by atoms with van der Waals surface area (Å²) in [6.07, 6.45) is 0. The van der Waals surface area contributed by atoms with Crippen molar-refractivity contribution in [3.05, 3.63) is 50.9 Å². The summed E-state index contributed by atoms with van der Waals surface area (Å²) in [5.41, 5.74) is 1.50. The van der Waals surface area contributed by atoms with Gasteiger partial charge in [0.2, 0.25) is 5.95 Å². The molecule has 0 aliphatic carbocycles. The number of anilines is 2. The van der Waals surface area contributed by atoms with Gasteiger partial charge in [-0.15, -0.1) is 0 Å². The van der Waals surface area contributed by atoms with Crippen LogP contribution in [0, 0.1) is 0 Å². The van der Waals surface area contributed by atoms with Gasteiger partial charge in [-0.2, -0.15) is 0 Å². The van der Waals surface area contributed by atoms with Crippen LogP contribution in [0.2, 0.25) is 0 Å². The lowest BCUT2D eigenvalue weighted by molar-refractivity contribution is 0.812. The average molecular weight is 308 g/mol. The zero-order chi connectivity index (χ0) is 13.1. The van der Waals surface area contributed by atoms with E-state index in [1.807, 2.05) is 38.1 Å². The molecule has 94 valence electrons. The summed E-state index contributed by atoms with van der Waals surface area (Å²) in [6.45, 7) is 4.01. The Labute approximate surface area is 114 Å². The monoisotopic (exact) mass is 307 g/mol. The van der Waals surface area contributed by atoms with Crippen molar-refractivity contribution in [2.75, 3.05) is 5.32 Å². The molecule has 0 aliphatic rings. The van der Waals surface area contributed by atoms with Crippen molar-refractivity contribution in [2.45, 2.75) is 19.8 Å². The summed E-state index contributed by atoms with van der Waals surface area (Å²) in [4.78, 5) is 18.6. The third-order valence-corrected chi connectivity index (χ3v) is 2.93. The Morgan fingerprint density at radius 1 is 1.33 bits per heavy atom. The maximum Gasteiger partial charge on any atom is 0.252 e. The number of benzene rings is 1. The van der Waals surface area contributed by atoms with Gasteiger partial charge in [-0.05, 0) is 24.1 Å². The van der Waals surface area contributed by atoms with E-state index < -0.39 is 0 Å². The minimum absolute atomic E-state index is 0.147. The second-order valence-corrected chi connectivity index (χ2v) is 5.22. The number of rotatable bonds is 3. The van der Waals surface area contributed by atoms with Crippen LogP contribution in [-0.4, -0.2) is 9.97 Å². The Bertz CT molecular complexity index is 607. The minimum Gasteiger partial charge on any atom is -0.326 e. The standard InChI is InChI=1S/C13H14BrN3O/c1-8(2)11-7-12(18)17-13(16-11)15-10-5-3-4-9(14)6-10/h3-8H,1-2H3,(H2,15,16,17,18). The molecule has 0 unspecified atom stereocenters. The van der Waals surface area contributed by atoms with E-state index in [4.69, 9.17) is 0 Å². The SMILES string of the molecule is CC(C)c1cc(=O)[nH]c(Nc2cccc(Br)c2)n1. The van der Waals surface area contributed by atoms with Gasteiger partial charge in [0.1, 0.15) is 0 Å². The lowest BCUT2D eigenvalue weighted by Gasteiger charge is -2.09. The van der Waals surface area contributed by atoms with Gasteiger partial charge in [0.15, 0.2) is 0 Å². The van der Waals surface area contributed by atoms with Crippen molar-refractivity contribution in [1.82, 2.24) is 9.97 Å². The Morgan fingerprint density at radius 3 is 2.78 bits per heavy atom. The predicted molar refractivity (Wildman–Crippen MR) is 76.4 cm³/mol. The van der Waals surface area contributed by atoms with Gasteiger partial charge < -0.3 is 5.32 Å². The largest absolute Gasteiger partial charge is 0.326 e. The van der Waals surface area contributed by atoms with Gasteiger partial charge in [-0.1, -0.05) is 35.8 Å². The number of aromatic nitrogens is 2. The van der Waals surface area contributed by atoms with Crippen molar-refractivity contribution >= 4 is 27.6 Å². The molecule has 0 spiro atoms. The third-order valence-electron chi connectivity index (χ3n) is 2.44. The van der Waals surface area contributed by atoms with Crippen molar-refractivity contribution in [3.8, 4) is 0 Å². The molecular formula is C13H14BrN3O. The second-order valence-electron chi connectivity index (χ2n) is 4.31. The number of nitrogens with zero attached hydrogens (tertiary/aromatic N) is 1. The summed E-state index contributed by atoms with van der Waals surface area (Å²) >= 11 is 3.40. The van der Waals surface area contributed by atoms with E-state index in [-0.39, 0.29) is 11.5 Å². The first-order valence-corrected chi connectivity index (χ1v) is 6.48. The molecule has 0 aliphatic heterocycles. The Kier molecular flexibility index (Phi) is 3.81. The number of nitrogens with one attached hydrogen (secondary N) is 2. The van der Waals surface area contributed by atoms with Crippen molar-refractivity contribution in [2.24, 2.45) is 0 Å².